The molecule has 0 saturated carbocycles. The van der Waals surface area contributed by atoms with Crippen LogP contribution in [0.15, 0.2) is 48.5 Å². The lowest BCUT2D eigenvalue weighted by Gasteiger charge is -2.12. The summed E-state index contributed by atoms with van der Waals surface area (Å²) in [5.74, 6) is 0. The zero-order valence-corrected chi connectivity index (χ0v) is 11.3. The van der Waals surface area contributed by atoms with Crippen LogP contribution in [-0.4, -0.2) is 18.2 Å². The standard InChI is InChI=1S/C15H17ClN2O/c16-13-6-2-4-8-15(13)18-10-9-17-14-7-3-1-5-12(14)11-19/h1-8,17-19H,9-11H2. The zero-order valence-electron chi connectivity index (χ0n) is 10.6. The molecular weight excluding hydrogens is 260 g/mol. The highest BCUT2D eigenvalue weighted by Crippen LogP contribution is 2.20. The maximum Gasteiger partial charge on any atom is 0.0701 e. The molecule has 0 amide bonds. The maximum atomic E-state index is 9.22. The van der Waals surface area contributed by atoms with Gasteiger partial charge < -0.3 is 15.7 Å². The van der Waals surface area contributed by atoms with Crippen LogP contribution in [0, 0.1) is 0 Å². The van der Waals surface area contributed by atoms with Crippen molar-refractivity contribution in [2.45, 2.75) is 6.61 Å². The minimum Gasteiger partial charge on any atom is -0.392 e. The Labute approximate surface area is 118 Å². The van der Waals surface area contributed by atoms with Gasteiger partial charge in [0.2, 0.25) is 0 Å². The van der Waals surface area contributed by atoms with Gasteiger partial charge in [-0.2, -0.15) is 0 Å². The van der Waals surface area contributed by atoms with Crippen LogP contribution in [0.2, 0.25) is 5.02 Å². The molecule has 2 aromatic rings. The Kier molecular flexibility index (Phi) is 5.07. The number of halogens is 1. The number of aliphatic hydroxyl groups excluding tert-OH is 1. The predicted molar refractivity (Wildman–Crippen MR) is 80.8 cm³/mol. The lowest BCUT2D eigenvalue weighted by atomic mass is 10.2. The van der Waals surface area contributed by atoms with Crippen LogP contribution in [0.5, 0.6) is 0 Å². The van der Waals surface area contributed by atoms with Crippen LogP contribution in [0.4, 0.5) is 11.4 Å². The van der Waals surface area contributed by atoms with E-state index in [0.29, 0.717) is 0 Å². The van der Waals surface area contributed by atoms with Gasteiger partial charge in [0, 0.05) is 24.3 Å². The minimum atomic E-state index is 0.0428. The summed E-state index contributed by atoms with van der Waals surface area (Å²) >= 11 is 6.05. The molecule has 3 N–H and O–H groups in total. The highest BCUT2D eigenvalue weighted by molar-refractivity contribution is 6.33. The van der Waals surface area contributed by atoms with Crippen molar-refractivity contribution in [1.82, 2.24) is 0 Å². The van der Waals surface area contributed by atoms with Gasteiger partial charge in [0.25, 0.3) is 0 Å². The molecule has 0 heterocycles. The van der Waals surface area contributed by atoms with E-state index in [2.05, 4.69) is 10.6 Å². The van der Waals surface area contributed by atoms with Crippen LogP contribution in [0.25, 0.3) is 0 Å². The molecule has 0 aromatic heterocycles. The molecule has 0 aliphatic heterocycles. The van der Waals surface area contributed by atoms with Crippen molar-refractivity contribution < 1.29 is 5.11 Å². The number of hydrogen-bond acceptors (Lipinski definition) is 3. The van der Waals surface area contributed by atoms with Crippen LogP contribution >= 0.6 is 11.6 Å². The average Bonchev–Trinajstić information content (AvgIpc) is 2.45. The van der Waals surface area contributed by atoms with E-state index in [4.69, 9.17) is 11.6 Å². The molecule has 0 radical (unpaired) electrons. The first kappa shape index (κ1) is 13.7. The minimum absolute atomic E-state index is 0.0428. The third kappa shape index (κ3) is 3.88. The molecule has 0 fully saturated rings. The van der Waals surface area contributed by atoms with Gasteiger partial charge in [0.1, 0.15) is 0 Å². The molecule has 0 bridgehead atoms. The van der Waals surface area contributed by atoms with Crippen molar-refractivity contribution in [2.24, 2.45) is 0 Å². The third-order valence-corrected chi connectivity index (χ3v) is 3.15. The first-order valence-corrected chi connectivity index (χ1v) is 6.60. The smallest absolute Gasteiger partial charge is 0.0701 e. The molecule has 0 saturated heterocycles. The number of nitrogens with one attached hydrogen (secondary N) is 2. The second kappa shape index (κ2) is 7.02. The first-order chi connectivity index (χ1) is 9.31. The first-order valence-electron chi connectivity index (χ1n) is 6.22. The molecule has 3 nitrogen and oxygen atoms in total. The number of hydrogen-bond donors (Lipinski definition) is 3. The van der Waals surface area contributed by atoms with Crippen molar-refractivity contribution >= 4 is 23.0 Å². The summed E-state index contributed by atoms with van der Waals surface area (Å²) < 4.78 is 0. The van der Waals surface area contributed by atoms with Gasteiger partial charge in [-0.05, 0) is 18.2 Å². The van der Waals surface area contributed by atoms with E-state index in [1.54, 1.807) is 0 Å². The zero-order chi connectivity index (χ0) is 13.5. The van der Waals surface area contributed by atoms with Crippen LogP contribution in [-0.2, 0) is 6.61 Å². The van der Waals surface area contributed by atoms with Crippen molar-refractivity contribution in [1.29, 1.82) is 0 Å². The van der Waals surface area contributed by atoms with Crippen molar-refractivity contribution in [3.05, 3.63) is 59.1 Å². The highest BCUT2D eigenvalue weighted by Gasteiger charge is 2.00. The van der Waals surface area contributed by atoms with Gasteiger partial charge >= 0.3 is 0 Å². The summed E-state index contributed by atoms with van der Waals surface area (Å²) in [5, 5.41) is 16.5. The fourth-order valence-electron chi connectivity index (χ4n) is 1.83. The monoisotopic (exact) mass is 276 g/mol. The van der Waals surface area contributed by atoms with Crippen LogP contribution in [0.3, 0.4) is 0 Å². The topological polar surface area (TPSA) is 44.3 Å². The molecule has 4 heteroatoms. The summed E-state index contributed by atoms with van der Waals surface area (Å²) in [6.07, 6.45) is 0. The lowest BCUT2D eigenvalue weighted by Crippen LogP contribution is -2.14. The van der Waals surface area contributed by atoms with E-state index < -0.39 is 0 Å². The Balaban J connectivity index is 1.83. The Morgan fingerprint density at radius 1 is 0.842 bits per heavy atom. The molecule has 2 rings (SSSR count). The molecule has 0 spiro atoms. The van der Waals surface area contributed by atoms with Gasteiger partial charge in [-0.15, -0.1) is 0 Å². The second-order valence-electron chi connectivity index (χ2n) is 4.15. The normalized spacial score (nSPS) is 10.2. The summed E-state index contributed by atoms with van der Waals surface area (Å²) in [4.78, 5) is 0. The number of anilines is 2. The Morgan fingerprint density at radius 2 is 1.42 bits per heavy atom. The van der Waals surface area contributed by atoms with E-state index in [-0.39, 0.29) is 6.61 Å². The van der Waals surface area contributed by atoms with Crippen LogP contribution < -0.4 is 10.6 Å². The van der Waals surface area contributed by atoms with E-state index in [9.17, 15) is 5.11 Å². The fraction of sp³-hybridized carbons (Fsp3) is 0.200. The SMILES string of the molecule is OCc1ccccc1NCCNc1ccccc1Cl. The number of benzene rings is 2. The molecule has 19 heavy (non-hydrogen) atoms. The number of rotatable bonds is 6. The molecule has 0 aliphatic rings. The predicted octanol–water partition coefficient (Wildman–Crippen LogP) is 3.36. The van der Waals surface area contributed by atoms with E-state index >= 15 is 0 Å². The van der Waals surface area contributed by atoms with E-state index in [1.165, 1.54) is 0 Å². The summed E-state index contributed by atoms with van der Waals surface area (Å²) in [6.45, 7) is 1.55. The van der Waals surface area contributed by atoms with Crippen molar-refractivity contribution in [3.8, 4) is 0 Å². The molecular formula is C15H17ClN2O. The summed E-state index contributed by atoms with van der Waals surface area (Å²) in [7, 11) is 0. The van der Waals surface area contributed by atoms with E-state index in [0.717, 1.165) is 35.1 Å². The highest BCUT2D eigenvalue weighted by atomic mass is 35.5. The van der Waals surface area contributed by atoms with E-state index in [1.807, 2.05) is 48.5 Å². The number of para-hydroxylation sites is 2. The quantitative estimate of drug-likeness (QED) is 0.709. The number of aliphatic hydroxyl groups is 1. The Hall–Kier alpha value is -1.71. The molecule has 2 aromatic carbocycles. The lowest BCUT2D eigenvalue weighted by molar-refractivity contribution is 0.282. The molecule has 100 valence electrons. The van der Waals surface area contributed by atoms with Gasteiger partial charge in [-0.3, -0.25) is 0 Å². The molecule has 0 atom stereocenters. The summed E-state index contributed by atoms with van der Waals surface area (Å²) in [6, 6.07) is 15.4. The maximum absolute atomic E-state index is 9.22. The Morgan fingerprint density at radius 3 is 2.11 bits per heavy atom. The van der Waals surface area contributed by atoms with Gasteiger partial charge in [-0.1, -0.05) is 41.9 Å². The average molecular weight is 277 g/mol. The van der Waals surface area contributed by atoms with Crippen molar-refractivity contribution in [3.63, 3.8) is 0 Å². The van der Waals surface area contributed by atoms with Gasteiger partial charge in [0.05, 0.1) is 17.3 Å². The largest absolute Gasteiger partial charge is 0.392 e. The van der Waals surface area contributed by atoms with Gasteiger partial charge in [0.15, 0.2) is 0 Å². The van der Waals surface area contributed by atoms with Crippen molar-refractivity contribution in [2.75, 3.05) is 23.7 Å². The Bertz CT molecular complexity index is 531. The summed E-state index contributed by atoms with van der Waals surface area (Å²) in [5.41, 5.74) is 2.80. The van der Waals surface area contributed by atoms with Gasteiger partial charge in [-0.25, -0.2) is 0 Å². The second-order valence-corrected chi connectivity index (χ2v) is 4.56. The van der Waals surface area contributed by atoms with Crippen LogP contribution in [0.1, 0.15) is 5.56 Å². The third-order valence-electron chi connectivity index (χ3n) is 2.82. The fourth-order valence-corrected chi connectivity index (χ4v) is 2.03. The molecule has 0 aliphatic carbocycles. The molecule has 0 unspecified atom stereocenters.